The van der Waals surface area contributed by atoms with Gasteiger partial charge in [-0.05, 0) is 18.2 Å². The first-order valence-electron chi connectivity index (χ1n) is 5.64. The van der Waals surface area contributed by atoms with Crippen molar-refractivity contribution in [1.82, 2.24) is 14.8 Å². The number of ether oxygens (including phenoxy) is 1. The van der Waals surface area contributed by atoms with Crippen molar-refractivity contribution in [2.24, 2.45) is 0 Å². The molecule has 0 spiro atoms. The maximum absolute atomic E-state index is 10.9. The summed E-state index contributed by atoms with van der Waals surface area (Å²) in [5.74, 6) is 0.699. The predicted octanol–water partition coefficient (Wildman–Crippen LogP) is 1.78. The van der Waals surface area contributed by atoms with Gasteiger partial charge >= 0.3 is 5.97 Å². The highest BCUT2D eigenvalue weighted by atomic mass is 32.2. The molecule has 1 aliphatic rings. The molecule has 0 saturated carbocycles. The molecule has 0 saturated heterocycles. The zero-order valence-corrected chi connectivity index (χ0v) is 10.6. The Morgan fingerprint density at radius 2 is 2.29 bits per heavy atom. The largest absolute Gasteiger partial charge is 0.466 e. The lowest BCUT2D eigenvalue weighted by atomic mass is 10.2. The number of nitrogens with zero attached hydrogens (tertiary/aromatic N) is 3. The lowest BCUT2D eigenvalue weighted by molar-refractivity contribution is -0.134. The molecule has 0 fully saturated rings. The molecular weight excluding hydrogens is 238 g/mol. The number of hydrogen-bond acceptors (Lipinski definition) is 5. The molecule has 0 aliphatic carbocycles. The van der Waals surface area contributed by atoms with Crippen LogP contribution in [0.3, 0.4) is 0 Å². The van der Waals surface area contributed by atoms with Crippen molar-refractivity contribution in [3.63, 3.8) is 0 Å². The average molecular weight is 253 g/mol. The van der Waals surface area contributed by atoms with Crippen LogP contribution in [-0.4, -0.2) is 27.8 Å². The van der Waals surface area contributed by atoms with Crippen LogP contribution in [0, 0.1) is 0 Å². The molecule has 0 unspecified atom stereocenters. The summed E-state index contributed by atoms with van der Waals surface area (Å²) in [4.78, 5) is 10.9. The molecule has 0 radical (unpaired) electrons. The average Bonchev–Trinajstić information content (AvgIpc) is 2.59. The minimum absolute atomic E-state index is 0.354. The van der Waals surface area contributed by atoms with E-state index in [1.165, 1.54) is 44.2 Å². The molecule has 0 amide bonds. The van der Waals surface area contributed by atoms with Gasteiger partial charge in [-0.3, -0.25) is 0 Å². The minimum atomic E-state index is -0.354. The van der Waals surface area contributed by atoms with E-state index >= 15 is 0 Å². The number of methoxy groups -OCH3 is 1. The Morgan fingerprint density at radius 3 is 3.12 bits per heavy atom. The Labute approximate surface area is 104 Å². The molecule has 1 aromatic rings. The highest BCUT2D eigenvalue weighted by Gasteiger charge is 2.13. The topological polar surface area (TPSA) is 57.0 Å². The van der Waals surface area contributed by atoms with Crippen LogP contribution in [0.2, 0.25) is 0 Å². The van der Waals surface area contributed by atoms with Crippen LogP contribution in [-0.2, 0) is 22.5 Å². The predicted molar refractivity (Wildman–Crippen MR) is 64.6 cm³/mol. The van der Waals surface area contributed by atoms with E-state index in [9.17, 15) is 4.79 Å². The number of aromatic nitrogens is 3. The van der Waals surface area contributed by atoms with E-state index in [1.54, 1.807) is 5.41 Å². The molecule has 1 aliphatic heterocycles. The highest BCUT2D eigenvalue weighted by Crippen LogP contribution is 2.22. The normalized spacial score (nSPS) is 15.6. The molecule has 2 heterocycles. The van der Waals surface area contributed by atoms with Gasteiger partial charge in [0, 0.05) is 19.0 Å². The third-order valence-electron chi connectivity index (χ3n) is 2.65. The van der Waals surface area contributed by atoms with Gasteiger partial charge in [0.1, 0.15) is 5.82 Å². The highest BCUT2D eigenvalue weighted by molar-refractivity contribution is 8.02. The summed E-state index contributed by atoms with van der Waals surface area (Å²) >= 11 is 1.40. The number of aryl methyl sites for hydroxylation is 1. The van der Waals surface area contributed by atoms with E-state index in [-0.39, 0.29) is 5.97 Å². The molecule has 5 nitrogen and oxygen atoms in total. The number of fused-ring (bicyclic) bond motifs is 1. The summed E-state index contributed by atoms with van der Waals surface area (Å²) in [5.41, 5.74) is 0. The zero-order valence-electron chi connectivity index (χ0n) is 9.76. The minimum Gasteiger partial charge on any atom is -0.466 e. The molecule has 92 valence electrons. The van der Waals surface area contributed by atoms with Crippen LogP contribution in [0.25, 0.3) is 0 Å². The molecule has 0 aromatic carbocycles. The van der Waals surface area contributed by atoms with E-state index in [1.807, 2.05) is 0 Å². The van der Waals surface area contributed by atoms with Gasteiger partial charge < -0.3 is 9.30 Å². The van der Waals surface area contributed by atoms with Crippen LogP contribution in [0.4, 0.5) is 0 Å². The second-order valence-electron chi connectivity index (χ2n) is 3.80. The van der Waals surface area contributed by atoms with E-state index < -0.39 is 0 Å². The maximum Gasteiger partial charge on any atom is 0.330 e. The summed E-state index contributed by atoms with van der Waals surface area (Å²) in [6, 6.07) is 0. The van der Waals surface area contributed by atoms with Crippen LogP contribution in [0.1, 0.15) is 25.1 Å². The van der Waals surface area contributed by atoms with E-state index in [4.69, 9.17) is 0 Å². The van der Waals surface area contributed by atoms with Gasteiger partial charge in [-0.15, -0.1) is 10.2 Å². The van der Waals surface area contributed by atoms with Crippen molar-refractivity contribution in [1.29, 1.82) is 0 Å². The fourth-order valence-corrected chi connectivity index (χ4v) is 2.48. The second-order valence-corrected chi connectivity index (χ2v) is 4.68. The number of rotatable bonds is 3. The molecule has 6 heteroatoms. The zero-order chi connectivity index (χ0) is 12.1. The summed E-state index contributed by atoms with van der Waals surface area (Å²) in [5, 5.41) is 10.8. The molecule has 0 bridgehead atoms. The van der Waals surface area contributed by atoms with Gasteiger partial charge in [0.2, 0.25) is 0 Å². The molecule has 17 heavy (non-hydrogen) atoms. The van der Waals surface area contributed by atoms with Crippen molar-refractivity contribution < 1.29 is 9.53 Å². The van der Waals surface area contributed by atoms with Crippen molar-refractivity contribution in [3.05, 3.63) is 17.3 Å². The van der Waals surface area contributed by atoms with E-state index in [2.05, 4.69) is 19.5 Å². The summed E-state index contributed by atoms with van der Waals surface area (Å²) < 4.78 is 6.66. The lowest BCUT2D eigenvalue weighted by Gasteiger charge is -2.03. The fraction of sp³-hybridized carbons (Fsp3) is 0.545. The Balaban J connectivity index is 2.04. The first-order chi connectivity index (χ1) is 8.31. The third-order valence-corrected chi connectivity index (χ3v) is 3.44. The molecular formula is C11H15N3O2S. The lowest BCUT2D eigenvalue weighted by Crippen LogP contribution is -2.01. The van der Waals surface area contributed by atoms with Crippen molar-refractivity contribution in [3.8, 4) is 0 Å². The fourth-order valence-electron chi connectivity index (χ4n) is 1.76. The molecule has 0 N–H and O–H groups in total. The van der Waals surface area contributed by atoms with Crippen LogP contribution in [0.15, 0.2) is 16.6 Å². The molecule has 0 atom stereocenters. The Kier molecular flexibility index (Phi) is 4.19. The molecule has 1 aromatic heterocycles. The second kappa shape index (κ2) is 5.86. The number of carbonyl (C=O) groups is 1. The number of esters is 1. The van der Waals surface area contributed by atoms with Gasteiger partial charge in [-0.2, -0.15) is 0 Å². The van der Waals surface area contributed by atoms with Crippen LogP contribution >= 0.6 is 11.8 Å². The Morgan fingerprint density at radius 1 is 1.41 bits per heavy atom. The SMILES string of the molecule is COC(=O)C=CSc1nnc2n1CCCCC2. The summed E-state index contributed by atoms with van der Waals surface area (Å²) in [6.07, 6.45) is 5.98. The smallest absolute Gasteiger partial charge is 0.330 e. The van der Waals surface area contributed by atoms with Crippen molar-refractivity contribution in [2.75, 3.05) is 7.11 Å². The van der Waals surface area contributed by atoms with Gasteiger partial charge in [0.05, 0.1) is 7.11 Å². The number of hydrogen-bond donors (Lipinski definition) is 0. The van der Waals surface area contributed by atoms with Crippen molar-refractivity contribution >= 4 is 17.7 Å². The summed E-state index contributed by atoms with van der Waals surface area (Å²) in [7, 11) is 1.36. The quantitative estimate of drug-likeness (QED) is 0.467. The third kappa shape index (κ3) is 3.09. The van der Waals surface area contributed by atoms with Crippen LogP contribution < -0.4 is 0 Å². The van der Waals surface area contributed by atoms with Gasteiger partial charge in [-0.25, -0.2) is 4.79 Å². The first kappa shape index (κ1) is 12.2. The van der Waals surface area contributed by atoms with E-state index in [0.29, 0.717) is 0 Å². The molecule has 2 rings (SSSR count). The first-order valence-corrected chi connectivity index (χ1v) is 6.52. The standard InChI is InChI=1S/C11H15N3O2S/c1-16-10(15)6-8-17-11-13-12-9-5-3-2-4-7-14(9)11/h6,8H,2-5,7H2,1H3. The Bertz CT molecular complexity index is 428. The van der Waals surface area contributed by atoms with Gasteiger partial charge in [0.25, 0.3) is 0 Å². The van der Waals surface area contributed by atoms with Gasteiger partial charge in [-0.1, -0.05) is 18.2 Å². The van der Waals surface area contributed by atoms with Crippen molar-refractivity contribution in [2.45, 2.75) is 37.4 Å². The summed E-state index contributed by atoms with van der Waals surface area (Å²) in [6.45, 7) is 0.969. The van der Waals surface area contributed by atoms with E-state index in [0.717, 1.165) is 23.9 Å². The van der Waals surface area contributed by atoms with Crippen LogP contribution in [0.5, 0.6) is 0 Å². The Hall–Kier alpha value is -1.30. The number of thioether (sulfide) groups is 1. The monoisotopic (exact) mass is 253 g/mol. The van der Waals surface area contributed by atoms with Gasteiger partial charge in [0.15, 0.2) is 5.16 Å². The maximum atomic E-state index is 10.9. The number of carbonyl (C=O) groups excluding carboxylic acids is 1.